The van der Waals surface area contributed by atoms with Gasteiger partial charge >= 0.3 is 0 Å². The molecule has 4 heteroatoms. The van der Waals surface area contributed by atoms with Crippen LogP contribution in [-0.4, -0.2) is 0 Å². The van der Waals surface area contributed by atoms with Crippen LogP contribution in [-0.2, 0) is 4.57 Å². The van der Waals surface area contributed by atoms with Gasteiger partial charge in [-0.3, -0.25) is 9.46 Å². The van der Waals surface area contributed by atoms with Crippen molar-refractivity contribution in [3.63, 3.8) is 0 Å². The average Bonchev–Trinajstić information content (AvgIpc) is 2.82. The Morgan fingerprint density at radius 3 is 1.53 bits per heavy atom. The van der Waals surface area contributed by atoms with Gasteiger partial charge in [-0.1, -0.05) is 90.5 Å². The van der Waals surface area contributed by atoms with Crippen LogP contribution in [0.2, 0.25) is 5.02 Å². The number of hydrogen-bond acceptors (Lipinski definition) is 2. The van der Waals surface area contributed by atoms with Crippen LogP contribution in [0.5, 0.6) is 0 Å². The van der Waals surface area contributed by atoms with Gasteiger partial charge in [0.2, 0.25) is 7.14 Å². The summed E-state index contributed by atoms with van der Waals surface area (Å²) in [6.45, 7) is 0. The van der Waals surface area contributed by atoms with Crippen LogP contribution >= 0.6 is 18.7 Å². The SMILES string of the molecule is O=P(C#CN(c1ccccc1)c1ccc(Cl)cc1)(c1ccccc1)c1ccccc1. The van der Waals surface area contributed by atoms with E-state index in [1.165, 1.54) is 0 Å². The highest BCUT2D eigenvalue weighted by Crippen LogP contribution is 2.42. The fraction of sp³-hybridized carbons (Fsp3) is 0. The van der Waals surface area contributed by atoms with Crippen LogP contribution in [0.25, 0.3) is 0 Å². The molecule has 30 heavy (non-hydrogen) atoms. The topological polar surface area (TPSA) is 20.3 Å². The fourth-order valence-electron chi connectivity index (χ4n) is 3.12. The summed E-state index contributed by atoms with van der Waals surface area (Å²) in [6, 6.07) is 39.3. The Bertz CT molecular complexity index is 1170. The van der Waals surface area contributed by atoms with Crippen molar-refractivity contribution in [3.8, 4) is 11.7 Å². The third kappa shape index (κ3) is 4.34. The third-order valence-electron chi connectivity index (χ3n) is 4.66. The van der Waals surface area contributed by atoms with Gasteiger partial charge in [-0.2, -0.15) is 0 Å². The van der Waals surface area contributed by atoms with Gasteiger partial charge in [-0.15, -0.1) is 0 Å². The van der Waals surface area contributed by atoms with Crippen molar-refractivity contribution < 1.29 is 4.57 Å². The van der Waals surface area contributed by atoms with E-state index >= 15 is 0 Å². The fourth-order valence-corrected chi connectivity index (χ4v) is 5.23. The predicted molar refractivity (Wildman–Crippen MR) is 128 cm³/mol. The van der Waals surface area contributed by atoms with Gasteiger partial charge in [0.25, 0.3) is 0 Å². The Morgan fingerprint density at radius 2 is 1.03 bits per heavy atom. The molecular weight excluding hydrogens is 409 g/mol. The maximum absolute atomic E-state index is 14.2. The van der Waals surface area contributed by atoms with Crippen LogP contribution in [0.1, 0.15) is 0 Å². The number of benzene rings is 4. The highest BCUT2D eigenvalue weighted by molar-refractivity contribution is 7.83. The summed E-state index contributed by atoms with van der Waals surface area (Å²) in [5, 5.41) is 2.08. The maximum Gasteiger partial charge on any atom is 0.212 e. The van der Waals surface area contributed by atoms with Gasteiger partial charge in [-0.05, 0) is 42.1 Å². The molecule has 0 fully saturated rings. The van der Waals surface area contributed by atoms with Crippen molar-refractivity contribution in [1.29, 1.82) is 0 Å². The van der Waals surface area contributed by atoms with Crippen LogP contribution < -0.4 is 15.5 Å². The molecule has 0 amide bonds. The van der Waals surface area contributed by atoms with E-state index in [2.05, 4.69) is 11.7 Å². The number of rotatable bonds is 4. The first-order valence-corrected chi connectivity index (χ1v) is 11.6. The molecule has 0 atom stereocenters. The number of halogens is 1. The van der Waals surface area contributed by atoms with E-state index in [1.807, 2.05) is 120 Å². The zero-order valence-corrected chi connectivity index (χ0v) is 17.8. The van der Waals surface area contributed by atoms with Crippen LogP contribution in [0, 0.1) is 11.7 Å². The number of anilines is 2. The first-order chi connectivity index (χ1) is 14.7. The van der Waals surface area contributed by atoms with Crippen molar-refractivity contribution >= 4 is 40.7 Å². The Kier molecular flexibility index (Phi) is 6.05. The molecule has 0 unspecified atom stereocenters. The Morgan fingerprint density at radius 1 is 0.600 bits per heavy atom. The van der Waals surface area contributed by atoms with Crippen molar-refractivity contribution in [2.75, 3.05) is 4.90 Å². The van der Waals surface area contributed by atoms with Crippen molar-refractivity contribution in [1.82, 2.24) is 0 Å². The van der Waals surface area contributed by atoms with E-state index in [0.717, 1.165) is 11.4 Å². The van der Waals surface area contributed by atoms with Crippen molar-refractivity contribution in [2.45, 2.75) is 0 Å². The summed E-state index contributed by atoms with van der Waals surface area (Å²) in [6.07, 6.45) is 0. The minimum atomic E-state index is -3.16. The Balaban J connectivity index is 1.86. The minimum Gasteiger partial charge on any atom is -0.300 e. The standard InChI is InChI=1S/C26H19ClNOP/c27-22-16-18-24(19-17-22)28(23-10-4-1-5-11-23)20-21-30(29,25-12-6-2-7-13-25)26-14-8-3-9-15-26/h1-19H. The van der Waals surface area contributed by atoms with Gasteiger partial charge in [0, 0.05) is 21.7 Å². The quantitative estimate of drug-likeness (QED) is 0.213. The number of nitrogens with zero attached hydrogens (tertiary/aromatic N) is 1. The molecule has 0 aliphatic heterocycles. The van der Waals surface area contributed by atoms with Crippen molar-refractivity contribution in [2.24, 2.45) is 0 Å². The Hall–Kier alpha value is -3.24. The van der Waals surface area contributed by atoms with Gasteiger partial charge in [0.1, 0.15) is 0 Å². The molecule has 0 N–H and O–H groups in total. The van der Waals surface area contributed by atoms with Gasteiger partial charge in [0.15, 0.2) is 0 Å². The lowest BCUT2D eigenvalue weighted by Crippen LogP contribution is -2.16. The molecule has 0 aliphatic carbocycles. The summed E-state index contributed by atoms with van der Waals surface area (Å²) >= 11 is 6.07. The van der Waals surface area contributed by atoms with Crippen LogP contribution in [0.3, 0.4) is 0 Å². The molecule has 0 aromatic heterocycles. The molecule has 0 aliphatic rings. The second-order valence-corrected chi connectivity index (χ2v) is 9.56. The summed E-state index contributed by atoms with van der Waals surface area (Å²) in [7, 11) is -3.16. The molecule has 0 bridgehead atoms. The zero-order valence-electron chi connectivity index (χ0n) is 16.2. The maximum atomic E-state index is 14.2. The molecule has 0 saturated heterocycles. The second kappa shape index (κ2) is 9.06. The second-order valence-electron chi connectivity index (χ2n) is 6.65. The van der Waals surface area contributed by atoms with Gasteiger partial charge in [0.05, 0.1) is 11.4 Å². The van der Waals surface area contributed by atoms with Crippen LogP contribution in [0.4, 0.5) is 11.4 Å². The summed E-state index contributed by atoms with van der Waals surface area (Å²) in [5.74, 6) is 0. The van der Waals surface area contributed by atoms with E-state index in [0.29, 0.717) is 15.6 Å². The van der Waals surface area contributed by atoms with E-state index in [1.54, 1.807) is 0 Å². The minimum absolute atomic E-state index is 0.652. The summed E-state index contributed by atoms with van der Waals surface area (Å²) < 4.78 is 14.2. The van der Waals surface area contributed by atoms with E-state index in [9.17, 15) is 4.57 Å². The molecule has 4 aromatic carbocycles. The highest BCUT2D eigenvalue weighted by Gasteiger charge is 2.25. The van der Waals surface area contributed by atoms with Gasteiger partial charge < -0.3 is 0 Å². The largest absolute Gasteiger partial charge is 0.300 e. The number of para-hydroxylation sites is 1. The highest BCUT2D eigenvalue weighted by atomic mass is 35.5. The van der Waals surface area contributed by atoms with Crippen LogP contribution in [0.15, 0.2) is 115 Å². The van der Waals surface area contributed by atoms with Gasteiger partial charge in [-0.25, -0.2) is 0 Å². The molecule has 146 valence electrons. The zero-order chi connectivity index (χ0) is 20.8. The summed E-state index contributed by atoms with van der Waals surface area (Å²) in [5.41, 5.74) is 4.88. The lowest BCUT2D eigenvalue weighted by Gasteiger charge is -2.19. The first kappa shape index (κ1) is 20.0. The van der Waals surface area contributed by atoms with E-state index in [4.69, 9.17) is 11.6 Å². The monoisotopic (exact) mass is 427 g/mol. The molecule has 4 aromatic rings. The lowest BCUT2D eigenvalue weighted by molar-refractivity contribution is 0.593. The molecule has 0 radical (unpaired) electrons. The molecule has 2 nitrogen and oxygen atoms in total. The first-order valence-electron chi connectivity index (χ1n) is 9.52. The van der Waals surface area contributed by atoms with E-state index < -0.39 is 7.14 Å². The molecular formula is C26H19ClNOP. The molecule has 0 spiro atoms. The number of hydrogen-bond donors (Lipinski definition) is 0. The lowest BCUT2D eigenvalue weighted by atomic mass is 10.2. The molecule has 0 saturated carbocycles. The summed E-state index contributed by atoms with van der Waals surface area (Å²) in [4.78, 5) is 1.84. The predicted octanol–water partition coefficient (Wildman–Crippen LogP) is 6.41. The Labute approximate surface area is 182 Å². The van der Waals surface area contributed by atoms with Crippen molar-refractivity contribution in [3.05, 3.63) is 120 Å². The molecule has 0 heterocycles. The smallest absolute Gasteiger partial charge is 0.212 e. The van der Waals surface area contributed by atoms with E-state index in [-0.39, 0.29) is 0 Å². The average molecular weight is 428 g/mol. The molecule has 4 rings (SSSR count). The third-order valence-corrected chi connectivity index (χ3v) is 7.38. The normalized spacial score (nSPS) is 10.7.